The Bertz CT molecular complexity index is 677. The molecule has 2 aromatic rings. The van der Waals surface area contributed by atoms with E-state index in [4.69, 9.17) is 5.73 Å². The van der Waals surface area contributed by atoms with E-state index < -0.39 is 23.0 Å². The minimum absolute atomic E-state index is 0.0323. The molecule has 110 valence electrons. The molecule has 1 heterocycles. The molecule has 21 heavy (non-hydrogen) atoms. The Balaban J connectivity index is 2.58. The number of carbonyl (C=O) groups is 1. The fourth-order valence-electron chi connectivity index (χ4n) is 2.31. The van der Waals surface area contributed by atoms with E-state index in [1.54, 1.807) is 12.1 Å². The van der Waals surface area contributed by atoms with E-state index in [-0.39, 0.29) is 17.7 Å². The van der Waals surface area contributed by atoms with E-state index in [0.29, 0.717) is 5.56 Å². The molecular weight excluding hydrogens is 278 g/mol. The van der Waals surface area contributed by atoms with E-state index in [9.17, 15) is 18.7 Å². The van der Waals surface area contributed by atoms with Crippen molar-refractivity contribution in [1.29, 1.82) is 0 Å². The second-order valence-corrected chi connectivity index (χ2v) is 5.00. The van der Waals surface area contributed by atoms with Crippen LogP contribution in [0, 0.1) is 11.6 Å². The van der Waals surface area contributed by atoms with Crippen LogP contribution in [0.4, 0.5) is 14.5 Å². The van der Waals surface area contributed by atoms with Gasteiger partial charge in [-0.1, -0.05) is 0 Å². The first kappa shape index (κ1) is 14.9. The molecule has 0 radical (unpaired) electrons. The Morgan fingerprint density at radius 2 is 1.90 bits per heavy atom. The van der Waals surface area contributed by atoms with E-state index in [2.05, 4.69) is 4.98 Å². The van der Waals surface area contributed by atoms with Gasteiger partial charge in [0.25, 0.3) is 0 Å². The van der Waals surface area contributed by atoms with Gasteiger partial charge in [0.2, 0.25) is 0 Å². The highest BCUT2D eigenvalue weighted by Gasteiger charge is 2.40. The first-order chi connectivity index (χ1) is 9.86. The summed E-state index contributed by atoms with van der Waals surface area (Å²) < 4.78 is 27.5. The van der Waals surface area contributed by atoms with Gasteiger partial charge in [-0.3, -0.25) is 9.78 Å². The molecule has 2 rings (SSSR count). The normalized spacial score (nSPS) is 13.7. The Hall–Kier alpha value is -2.50. The maximum absolute atomic E-state index is 14.1. The Morgan fingerprint density at radius 1 is 1.29 bits per heavy atom. The summed E-state index contributed by atoms with van der Waals surface area (Å²) in [5.74, 6) is -3.63. The van der Waals surface area contributed by atoms with Gasteiger partial charge in [0.05, 0.1) is 5.41 Å². The van der Waals surface area contributed by atoms with Crippen molar-refractivity contribution in [1.82, 2.24) is 4.98 Å². The third-order valence-corrected chi connectivity index (χ3v) is 3.46. The first-order valence-electron chi connectivity index (χ1n) is 6.22. The number of nitrogens with two attached hydrogens (primary N) is 1. The number of pyridine rings is 1. The molecule has 0 bridgehead atoms. The van der Waals surface area contributed by atoms with Crippen LogP contribution >= 0.6 is 0 Å². The zero-order valence-electron chi connectivity index (χ0n) is 11.3. The van der Waals surface area contributed by atoms with E-state index >= 15 is 0 Å². The SMILES string of the molecule is CC(Cc1ccncc1)(C(=O)O)c1c(N)ccc(F)c1F. The van der Waals surface area contributed by atoms with Crippen molar-refractivity contribution >= 4 is 11.7 Å². The fraction of sp³-hybridized carbons (Fsp3) is 0.200. The summed E-state index contributed by atoms with van der Waals surface area (Å²) in [5, 5.41) is 9.53. The van der Waals surface area contributed by atoms with Crippen molar-refractivity contribution in [3.05, 3.63) is 59.4 Å². The highest BCUT2D eigenvalue weighted by atomic mass is 19.2. The second kappa shape index (κ2) is 5.47. The van der Waals surface area contributed by atoms with Crippen molar-refractivity contribution in [2.45, 2.75) is 18.8 Å². The molecule has 0 fully saturated rings. The van der Waals surface area contributed by atoms with E-state index in [1.807, 2.05) is 0 Å². The molecule has 1 atom stereocenters. The molecule has 1 unspecified atom stereocenters. The highest BCUT2D eigenvalue weighted by molar-refractivity contribution is 5.83. The number of carboxylic acid groups (broad SMARTS) is 1. The second-order valence-electron chi connectivity index (χ2n) is 5.00. The maximum atomic E-state index is 14.1. The molecule has 0 aliphatic carbocycles. The zero-order valence-corrected chi connectivity index (χ0v) is 11.3. The molecule has 0 aliphatic heterocycles. The first-order valence-corrected chi connectivity index (χ1v) is 6.22. The Kier molecular flexibility index (Phi) is 3.88. The van der Waals surface area contributed by atoms with Gasteiger partial charge in [-0.05, 0) is 43.2 Å². The predicted octanol–water partition coefficient (Wildman–Crippen LogP) is 2.53. The summed E-state index contributed by atoms with van der Waals surface area (Å²) in [6.07, 6.45) is 2.97. The van der Waals surface area contributed by atoms with Gasteiger partial charge in [0.15, 0.2) is 11.6 Å². The molecule has 1 aromatic carbocycles. The van der Waals surface area contributed by atoms with Crippen molar-refractivity contribution in [3.8, 4) is 0 Å². The van der Waals surface area contributed by atoms with E-state index in [1.165, 1.54) is 25.4 Å². The molecule has 1 aromatic heterocycles. The number of hydrogen-bond donors (Lipinski definition) is 2. The van der Waals surface area contributed by atoms with Gasteiger partial charge in [0.1, 0.15) is 0 Å². The van der Waals surface area contributed by atoms with Gasteiger partial charge in [-0.15, -0.1) is 0 Å². The molecular formula is C15H14F2N2O2. The summed E-state index contributed by atoms with van der Waals surface area (Å²) in [6.45, 7) is 1.32. The number of halogens is 2. The van der Waals surface area contributed by atoms with E-state index in [0.717, 1.165) is 6.07 Å². The minimum Gasteiger partial charge on any atom is -0.481 e. The number of aliphatic carboxylic acids is 1. The van der Waals surface area contributed by atoms with Gasteiger partial charge >= 0.3 is 5.97 Å². The van der Waals surface area contributed by atoms with Crippen LogP contribution in [0.3, 0.4) is 0 Å². The van der Waals surface area contributed by atoms with Crippen LogP contribution in [0.5, 0.6) is 0 Å². The lowest BCUT2D eigenvalue weighted by molar-refractivity contribution is -0.143. The van der Waals surface area contributed by atoms with Crippen LogP contribution in [0.15, 0.2) is 36.7 Å². The number of nitrogen functional groups attached to an aromatic ring is 1. The number of hydrogen-bond acceptors (Lipinski definition) is 3. The maximum Gasteiger partial charge on any atom is 0.314 e. The summed E-state index contributed by atoms with van der Waals surface area (Å²) in [5.41, 5.74) is 4.21. The van der Waals surface area contributed by atoms with Gasteiger partial charge in [0, 0.05) is 23.6 Å². The average Bonchev–Trinajstić information content (AvgIpc) is 2.44. The molecule has 3 N–H and O–H groups in total. The monoisotopic (exact) mass is 292 g/mol. The fourth-order valence-corrected chi connectivity index (χ4v) is 2.31. The predicted molar refractivity (Wildman–Crippen MR) is 73.7 cm³/mol. The lowest BCUT2D eigenvalue weighted by Gasteiger charge is -2.27. The third-order valence-electron chi connectivity index (χ3n) is 3.46. The van der Waals surface area contributed by atoms with Crippen LogP contribution in [-0.2, 0) is 16.6 Å². The van der Waals surface area contributed by atoms with Crippen molar-refractivity contribution < 1.29 is 18.7 Å². The van der Waals surface area contributed by atoms with Gasteiger partial charge in [-0.2, -0.15) is 0 Å². The number of benzene rings is 1. The van der Waals surface area contributed by atoms with Crippen LogP contribution in [-0.4, -0.2) is 16.1 Å². The third kappa shape index (κ3) is 2.69. The number of anilines is 1. The lowest BCUT2D eigenvalue weighted by Crippen LogP contribution is -2.37. The summed E-state index contributed by atoms with van der Waals surface area (Å²) >= 11 is 0. The van der Waals surface area contributed by atoms with Crippen molar-refractivity contribution in [2.24, 2.45) is 0 Å². The molecule has 0 spiro atoms. The number of carboxylic acids is 1. The Labute approximate surface area is 120 Å². The highest BCUT2D eigenvalue weighted by Crippen LogP contribution is 2.35. The molecule has 6 heteroatoms. The smallest absolute Gasteiger partial charge is 0.314 e. The molecule has 0 aliphatic rings. The number of aromatic nitrogens is 1. The lowest BCUT2D eigenvalue weighted by atomic mass is 9.76. The Morgan fingerprint density at radius 3 is 2.48 bits per heavy atom. The standard InChI is InChI=1S/C15H14F2N2O2/c1-15(14(20)21,8-9-4-6-19-7-5-9)12-11(18)3-2-10(16)13(12)17/h2-7H,8,18H2,1H3,(H,20,21). The summed E-state index contributed by atoms with van der Waals surface area (Å²) in [4.78, 5) is 15.5. The van der Waals surface area contributed by atoms with Gasteiger partial charge < -0.3 is 10.8 Å². The largest absolute Gasteiger partial charge is 0.481 e. The van der Waals surface area contributed by atoms with Crippen molar-refractivity contribution in [2.75, 3.05) is 5.73 Å². The van der Waals surface area contributed by atoms with Crippen LogP contribution < -0.4 is 5.73 Å². The molecule has 0 saturated heterocycles. The van der Waals surface area contributed by atoms with Crippen LogP contribution in [0.2, 0.25) is 0 Å². The average molecular weight is 292 g/mol. The van der Waals surface area contributed by atoms with Gasteiger partial charge in [-0.25, -0.2) is 8.78 Å². The minimum atomic E-state index is -1.68. The van der Waals surface area contributed by atoms with Crippen LogP contribution in [0.25, 0.3) is 0 Å². The molecule has 4 nitrogen and oxygen atoms in total. The van der Waals surface area contributed by atoms with Crippen molar-refractivity contribution in [3.63, 3.8) is 0 Å². The summed E-state index contributed by atoms with van der Waals surface area (Å²) in [7, 11) is 0. The molecule has 0 amide bonds. The molecule has 0 saturated carbocycles. The zero-order chi connectivity index (χ0) is 15.6. The number of nitrogens with zero attached hydrogens (tertiary/aromatic N) is 1. The quantitative estimate of drug-likeness (QED) is 0.849. The van der Waals surface area contributed by atoms with Crippen LogP contribution in [0.1, 0.15) is 18.1 Å². The number of rotatable bonds is 4. The summed E-state index contributed by atoms with van der Waals surface area (Å²) in [6, 6.07) is 5.29. The topological polar surface area (TPSA) is 76.2 Å².